The molecule has 2 aliphatic rings. The first kappa shape index (κ1) is 20.5. The molecule has 8 heteroatoms. The molecule has 2 heterocycles. The Balaban J connectivity index is 1.36. The highest BCUT2D eigenvalue weighted by Gasteiger charge is 2.58. The number of aromatic nitrogens is 2. The summed E-state index contributed by atoms with van der Waals surface area (Å²) < 4.78 is 30.7. The largest absolute Gasteiger partial charge is 0.299 e. The number of pyridine rings is 1. The van der Waals surface area contributed by atoms with Crippen LogP contribution in [0.2, 0.25) is 0 Å². The lowest BCUT2D eigenvalue weighted by molar-refractivity contribution is 0.260. The molecule has 4 aromatic rings. The van der Waals surface area contributed by atoms with Crippen molar-refractivity contribution in [1.82, 2.24) is 14.9 Å². The summed E-state index contributed by atoms with van der Waals surface area (Å²) in [5.74, 6) is 0.437. The van der Waals surface area contributed by atoms with Crippen molar-refractivity contribution in [2.24, 2.45) is 5.92 Å². The Morgan fingerprint density at radius 1 is 1.15 bits per heavy atom. The van der Waals surface area contributed by atoms with Crippen LogP contribution in [0.5, 0.6) is 0 Å². The second-order valence-corrected chi connectivity index (χ2v) is 11.4. The number of hydrogen-bond donors (Lipinski definition) is 1. The van der Waals surface area contributed by atoms with Crippen LogP contribution in [0.4, 0.5) is 5.69 Å². The van der Waals surface area contributed by atoms with Gasteiger partial charge in [-0.2, -0.15) is 0 Å². The third-order valence-electron chi connectivity index (χ3n) is 6.65. The Morgan fingerprint density at radius 3 is 2.82 bits per heavy atom. The minimum atomic E-state index is -3.78. The molecule has 33 heavy (non-hydrogen) atoms. The summed E-state index contributed by atoms with van der Waals surface area (Å²) in [4.78, 5) is 11.3. The number of sulfonamides is 1. The van der Waals surface area contributed by atoms with E-state index in [0.717, 1.165) is 38.3 Å². The molecule has 0 bridgehead atoms. The van der Waals surface area contributed by atoms with E-state index in [4.69, 9.17) is 0 Å². The summed E-state index contributed by atoms with van der Waals surface area (Å²) in [7, 11) is 0.340. The van der Waals surface area contributed by atoms with Gasteiger partial charge in [-0.3, -0.25) is 14.6 Å². The Bertz CT molecular complexity index is 1510. The van der Waals surface area contributed by atoms with Gasteiger partial charge in [0.25, 0.3) is 10.0 Å². The van der Waals surface area contributed by atoms with E-state index in [2.05, 4.69) is 45.8 Å². The van der Waals surface area contributed by atoms with E-state index in [1.807, 2.05) is 36.4 Å². The van der Waals surface area contributed by atoms with Gasteiger partial charge in [-0.15, -0.1) is 11.3 Å². The quantitative estimate of drug-likeness (QED) is 0.442. The molecule has 0 amide bonds. The predicted octanol–water partition coefficient (Wildman–Crippen LogP) is 4.96. The first-order valence-corrected chi connectivity index (χ1v) is 13.0. The molecule has 6 nitrogen and oxygen atoms in total. The average molecular weight is 475 g/mol. The van der Waals surface area contributed by atoms with Crippen molar-refractivity contribution < 1.29 is 8.42 Å². The summed E-state index contributed by atoms with van der Waals surface area (Å²) in [6, 6.07) is 14.8. The molecule has 2 aromatic carbocycles. The van der Waals surface area contributed by atoms with E-state index in [1.165, 1.54) is 11.3 Å². The molecule has 0 radical (unpaired) electrons. The molecule has 0 spiro atoms. The van der Waals surface area contributed by atoms with Gasteiger partial charge >= 0.3 is 0 Å². The zero-order chi connectivity index (χ0) is 22.8. The number of benzene rings is 2. The van der Waals surface area contributed by atoms with Crippen LogP contribution in [0.25, 0.3) is 26.9 Å². The van der Waals surface area contributed by atoms with Crippen LogP contribution in [-0.2, 0) is 15.6 Å². The number of rotatable bonds is 5. The molecular formula is C25H22N4O2S2. The van der Waals surface area contributed by atoms with E-state index < -0.39 is 10.0 Å². The molecule has 0 saturated heterocycles. The lowest BCUT2D eigenvalue weighted by atomic mass is 9.91. The first-order valence-electron chi connectivity index (χ1n) is 10.7. The topological polar surface area (TPSA) is 75.2 Å². The van der Waals surface area contributed by atoms with Crippen molar-refractivity contribution >= 4 is 43.3 Å². The smallest absolute Gasteiger partial charge is 0.262 e. The van der Waals surface area contributed by atoms with Gasteiger partial charge in [0.05, 0.1) is 20.7 Å². The third-order valence-corrected chi connectivity index (χ3v) is 9.15. The van der Waals surface area contributed by atoms with E-state index in [-0.39, 0.29) is 5.54 Å². The van der Waals surface area contributed by atoms with Gasteiger partial charge in [-0.1, -0.05) is 36.4 Å². The van der Waals surface area contributed by atoms with Gasteiger partial charge in [0.2, 0.25) is 0 Å². The lowest BCUT2D eigenvalue weighted by Crippen LogP contribution is -2.32. The molecule has 2 unspecified atom stereocenters. The number of fused-ring (bicyclic) bond motifs is 4. The Kier molecular flexibility index (Phi) is 4.49. The number of nitrogens with zero attached hydrogens (tertiary/aromatic N) is 3. The third kappa shape index (κ3) is 3.20. The highest BCUT2D eigenvalue weighted by Crippen LogP contribution is 2.60. The number of nitrogens with one attached hydrogen (secondary N) is 1. The number of anilines is 1. The molecule has 6 rings (SSSR count). The maximum absolute atomic E-state index is 13.5. The zero-order valence-corrected chi connectivity index (χ0v) is 19.8. The average Bonchev–Trinajstić information content (AvgIpc) is 3.42. The molecular weight excluding hydrogens is 452 g/mol. The summed E-state index contributed by atoms with van der Waals surface area (Å²) in [6.45, 7) is 0. The predicted molar refractivity (Wildman–Crippen MR) is 133 cm³/mol. The number of hydrogen-bond acceptors (Lipinski definition) is 6. The lowest BCUT2D eigenvalue weighted by Gasteiger charge is -2.30. The van der Waals surface area contributed by atoms with Crippen LogP contribution < -0.4 is 4.72 Å². The van der Waals surface area contributed by atoms with E-state index in [0.29, 0.717) is 16.5 Å². The highest BCUT2D eigenvalue weighted by molar-refractivity contribution is 7.92. The van der Waals surface area contributed by atoms with Crippen molar-refractivity contribution in [3.63, 3.8) is 0 Å². The molecule has 2 aromatic heterocycles. The van der Waals surface area contributed by atoms with E-state index in [9.17, 15) is 8.42 Å². The molecule has 2 atom stereocenters. The fraction of sp³-hybridized carbons (Fsp3) is 0.200. The zero-order valence-electron chi connectivity index (χ0n) is 18.2. The fourth-order valence-electron chi connectivity index (χ4n) is 4.94. The Hall–Kier alpha value is -3.07. The Labute approximate surface area is 196 Å². The Morgan fingerprint density at radius 2 is 2.00 bits per heavy atom. The van der Waals surface area contributed by atoms with Crippen molar-refractivity contribution in [2.45, 2.75) is 16.9 Å². The maximum Gasteiger partial charge on any atom is 0.262 e. The van der Waals surface area contributed by atoms with Gasteiger partial charge in [0.15, 0.2) is 0 Å². The van der Waals surface area contributed by atoms with Crippen LogP contribution in [0, 0.1) is 5.92 Å². The van der Waals surface area contributed by atoms with Crippen molar-refractivity contribution in [3.05, 3.63) is 78.1 Å². The summed E-state index contributed by atoms with van der Waals surface area (Å²) >= 11 is 1.53. The normalized spacial score (nSPS) is 21.1. The second-order valence-electron chi connectivity index (χ2n) is 8.75. The van der Waals surface area contributed by atoms with Gasteiger partial charge in [-0.25, -0.2) is 13.4 Å². The molecule has 1 fully saturated rings. The molecule has 1 N–H and O–H groups in total. The summed E-state index contributed by atoms with van der Waals surface area (Å²) in [5.41, 5.74) is 4.01. The van der Waals surface area contributed by atoms with Gasteiger partial charge < -0.3 is 0 Å². The first-order chi connectivity index (χ1) is 15.9. The SMILES string of the molecule is CN(C)C12CC1C=Cc1c2cccc1S(=O)(=O)Nc1cccc(-c2nc3ccncc3s2)c1. The minimum absolute atomic E-state index is 0.1000. The van der Waals surface area contributed by atoms with Gasteiger partial charge in [-0.05, 0) is 55.9 Å². The van der Waals surface area contributed by atoms with Crippen LogP contribution in [0.1, 0.15) is 17.5 Å². The summed E-state index contributed by atoms with van der Waals surface area (Å²) in [5, 5.41) is 0.826. The van der Waals surface area contributed by atoms with E-state index in [1.54, 1.807) is 24.5 Å². The van der Waals surface area contributed by atoms with E-state index >= 15 is 0 Å². The molecule has 1 saturated carbocycles. The molecule has 2 aliphatic carbocycles. The van der Waals surface area contributed by atoms with Crippen molar-refractivity contribution in [2.75, 3.05) is 18.8 Å². The number of thiazole rings is 1. The molecule has 166 valence electrons. The second kappa shape index (κ2) is 7.21. The molecule has 0 aliphatic heterocycles. The van der Waals surface area contributed by atoms with Crippen LogP contribution in [0.15, 0.2) is 71.9 Å². The fourth-order valence-corrected chi connectivity index (χ4v) is 7.14. The standard InChI is InChI=1S/C25H22N4O2S2/c1-29(2)25-14-17(25)9-10-19-20(25)7-4-8-23(19)33(30,31)28-18-6-3-5-16(13-18)24-27-21-11-12-26-15-22(21)32-24/h3-13,15,17,28H,14H2,1-2H3. The van der Waals surface area contributed by atoms with Crippen LogP contribution in [-0.4, -0.2) is 37.4 Å². The minimum Gasteiger partial charge on any atom is -0.299 e. The monoisotopic (exact) mass is 474 g/mol. The van der Waals surface area contributed by atoms with Crippen molar-refractivity contribution in [3.8, 4) is 10.6 Å². The van der Waals surface area contributed by atoms with Crippen LogP contribution >= 0.6 is 11.3 Å². The van der Waals surface area contributed by atoms with Crippen molar-refractivity contribution in [1.29, 1.82) is 0 Å². The van der Waals surface area contributed by atoms with Gasteiger partial charge in [0, 0.05) is 29.6 Å². The van der Waals surface area contributed by atoms with Gasteiger partial charge in [0.1, 0.15) is 5.01 Å². The van der Waals surface area contributed by atoms with Crippen LogP contribution in [0.3, 0.4) is 0 Å². The maximum atomic E-state index is 13.5. The highest BCUT2D eigenvalue weighted by atomic mass is 32.2. The summed E-state index contributed by atoms with van der Waals surface area (Å²) in [6.07, 6.45) is 8.63.